The number of hydrogen-bond acceptors (Lipinski definition) is 5. The molecular formula is C17H17F3N2O2S2. The Hall–Kier alpha value is -1.74. The van der Waals surface area contributed by atoms with E-state index in [0.29, 0.717) is 15.9 Å². The molecule has 26 heavy (non-hydrogen) atoms. The molecular weight excluding hydrogens is 385 g/mol. The Morgan fingerprint density at radius 1 is 1.27 bits per heavy atom. The van der Waals surface area contributed by atoms with Crippen molar-refractivity contribution in [2.45, 2.75) is 42.5 Å². The number of nitrogens with one attached hydrogen (secondary N) is 1. The summed E-state index contributed by atoms with van der Waals surface area (Å²) >= 11 is 2.87. The van der Waals surface area contributed by atoms with Crippen molar-refractivity contribution in [1.82, 2.24) is 4.98 Å². The fourth-order valence-electron chi connectivity index (χ4n) is 2.81. The van der Waals surface area contributed by atoms with Gasteiger partial charge in [-0.25, -0.2) is 4.98 Å². The van der Waals surface area contributed by atoms with Crippen LogP contribution in [-0.4, -0.2) is 22.5 Å². The van der Waals surface area contributed by atoms with Gasteiger partial charge in [0.1, 0.15) is 11.0 Å². The summed E-state index contributed by atoms with van der Waals surface area (Å²) in [6, 6.07) is 5.49. The summed E-state index contributed by atoms with van der Waals surface area (Å²) in [6.45, 7) is 0. The van der Waals surface area contributed by atoms with Gasteiger partial charge in [-0.15, -0.1) is 36.3 Å². The largest absolute Gasteiger partial charge is 0.573 e. The quantitative estimate of drug-likeness (QED) is 0.703. The third-order valence-electron chi connectivity index (χ3n) is 3.95. The van der Waals surface area contributed by atoms with Crippen molar-refractivity contribution in [1.29, 1.82) is 0 Å². The van der Waals surface area contributed by atoms with Crippen LogP contribution in [0.5, 0.6) is 5.75 Å². The fraction of sp³-hybridized carbons (Fsp3) is 0.412. The van der Waals surface area contributed by atoms with Crippen molar-refractivity contribution in [3.63, 3.8) is 0 Å². The number of alkyl halides is 3. The maximum absolute atomic E-state index is 12.7. The number of anilines is 1. The number of thioether (sulfide) groups is 1. The summed E-state index contributed by atoms with van der Waals surface area (Å²) in [5, 5.41) is 4.91. The van der Waals surface area contributed by atoms with Gasteiger partial charge in [0, 0.05) is 16.8 Å². The number of benzene rings is 1. The highest BCUT2D eigenvalue weighted by Crippen LogP contribution is 2.40. The second-order valence-corrected chi connectivity index (χ2v) is 8.17. The Morgan fingerprint density at radius 3 is 2.54 bits per heavy atom. The molecule has 0 spiro atoms. The molecule has 1 aromatic carbocycles. The van der Waals surface area contributed by atoms with Crippen LogP contribution in [0.1, 0.15) is 36.5 Å². The number of amides is 1. The van der Waals surface area contributed by atoms with Gasteiger partial charge in [-0.1, -0.05) is 25.0 Å². The van der Waals surface area contributed by atoms with Crippen molar-refractivity contribution >= 4 is 34.1 Å². The highest BCUT2D eigenvalue weighted by molar-refractivity contribution is 8.00. The zero-order valence-electron chi connectivity index (χ0n) is 13.7. The van der Waals surface area contributed by atoms with E-state index in [1.807, 2.05) is 0 Å². The molecule has 1 atom stereocenters. The lowest BCUT2D eigenvalue weighted by Crippen LogP contribution is -2.21. The Labute approximate surface area is 157 Å². The lowest BCUT2D eigenvalue weighted by Gasteiger charge is -2.20. The normalized spacial score (nSPS) is 16.4. The zero-order chi connectivity index (χ0) is 18.6. The van der Waals surface area contributed by atoms with Gasteiger partial charge in [0.05, 0.1) is 0 Å². The van der Waals surface area contributed by atoms with E-state index in [9.17, 15) is 18.0 Å². The standard InChI is InChI=1S/C17H17F3N2O2S2/c18-17(19,20)24-12-7-5-11(6-8-12)14(26-13-3-1-2-4-13)15(23)22-16-21-9-10-25-16/h5-10,13-14H,1-4H2,(H,21,22,23). The van der Waals surface area contributed by atoms with E-state index in [4.69, 9.17) is 0 Å². The Balaban J connectivity index is 1.76. The van der Waals surface area contributed by atoms with Crippen LogP contribution in [-0.2, 0) is 4.79 Å². The number of rotatable bonds is 6. The molecule has 4 nitrogen and oxygen atoms in total. The first-order valence-electron chi connectivity index (χ1n) is 8.12. The van der Waals surface area contributed by atoms with E-state index in [1.165, 1.54) is 35.6 Å². The zero-order valence-corrected chi connectivity index (χ0v) is 15.3. The molecule has 0 bridgehead atoms. The van der Waals surface area contributed by atoms with Gasteiger partial charge in [0.25, 0.3) is 0 Å². The molecule has 1 fully saturated rings. The van der Waals surface area contributed by atoms with Gasteiger partial charge >= 0.3 is 6.36 Å². The van der Waals surface area contributed by atoms with Crippen LogP contribution < -0.4 is 10.1 Å². The topological polar surface area (TPSA) is 51.2 Å². The van der Waals surface area contributed by atoms with E-state index >= 15 is 0 Å². The third-order valence-corrected chi connectivity index (χ3v) is 6.25. The minimum Gasteiger partial charge on any atom is -0.406 e. The van der Waals surface area contributed by atoms with Crippen molar-refractivity contribution in [2.75, 3.05) is 5.32 Å². The Morgan fingerprint density at radius 2 is 1.96 bits per heavy atom. The van der Waals surface area contributed by atoms with E-state index < -0.39 is 11.6 Å². The first kappa shape index (κ1) is 19.0. The van der Waals surface area contributed by atoms with Gasteiger partial charge in [-0.05, 0) is 30.5 Å². The number of hydrogen-bond donors (Lipinski definition) is 1. The SMILES string of the molecule is O=C(Nc1nccs1)C(SC1CCCC1)c1ccc(OC(F)(F)F)cc1. The minimum atomic E-state index is -4.73. The van der Waals surface area contributed by atoms with E-state index in [-0.39, 0.29) is 11.7 Å². The molecule has 2 aromatic rings. The average molecular weight is 402 g/mol. The van der Waals surface area contributed by atoms with E-state index in [0.717, 1.165) is 25.7 Å². The first-order valence-corrected chi connectivity index (χ1v) is 9.94. The molecule has 0 radical (unpaired) electrons. The van der Waals surface area contributed by atoms with E-state index in [2.05, 4.69) is 15.0 Å². The molecule has 1 saturated carbocycles. The minimum absolute atomic E-state index is 0.221. The van der Waals surface area contributed by atoms with Crippen LogP contribution in [0.25, 0.3) is 0 Å². The molecule has 1 heterocycles. The molecule has 0 saturated heterocycles. The number of halogens is 3. The fourth-order valence-corrected chi connectivity index (χ4v) is 4.83. The maximum Gasteiger partial charge on any atom is 0.573 e. The van der Waals surface area contributed by atoms with Crippen molar-refractivity contribution in [2.24, 2.45) is 0 Å². The average Bonchev–Trinajstić information content (AvgIpc) is 3.25. The number of ether oxygens (including phenoxy) is 1. The molecule has 140 valence electrons. The van der Waals surface area contributed by atoms with Gasteiger partial charge in [0.2, 0.25) is 5.91 Å². The lowest BCUT2D eigenvalue weighted by atomic mass is 10.1. The van der Waals surface area contributed by atoms with Crippen LogP contribution >= 0.6 is 23.1 Å². The lowest BCUT2D eigenvalue weighted by molar-refractivity contribution is -0.274. The van der Waals surface area contributed by atoms with Crippen LogP contribution in [0.15, 0.2) is 35.8 Å². The third kappa shape index (κ3) is 5.38. The first-order chi connectivity index (χ1) is 12.4. The summed E-state index contributed by atoms with van der Waals surface area (Å²) < 4.78 is 40.8. The highest BCUT2D eigenvalue weighted by Gasteiger charge is 2.32. The van der Waals surface area contributed by atoms with Crippen LogP contribution in [0.4, 0.5) is 18.3 Å². The monoisotopic (exact) mass is 402 g/mol. The number of thiazole rings is 1. The van der Waals surface area contributed by atoms with Gasteiger partial charge in [-0.3, -0.25) is 4.79 Å². The molecule has 9 heteroatoms. The molecule has 1 unspecified atom stereocenters. The number of carbonyl (C=O) groups is 1. The second kappa shape index (κ2) is 8.30. The Kier molecular flexibility index (Phi) is 6.08. The van der Waals surface area contributed by atoms with Gasteiger partial charge in [0.15, 0.2) is 5.13 Å². The Bertz CT molecular complexity index is 715. The van der Waals surface area contributed by atoms with Crippen molar-refractivity contribution in [3.8, 4) is 5.75 Å². The van der Waals surface area contributed by atoms with Crippen molar-refractivity contribution in [3.05, 3.63) is 41.4 Å². The highest BCUT2D eigenvalue weighted by atomic mass is 32.2. The predicted molar refractivity (Wildman–Crippen MR) is 96.5 cm³/mol. The molecule has 1 aromatic heterocycles. The molecule has 1 aliphatic rings. The molecule has 0 aliphatic heterocycles. The summed E-state index contributed by atoms with van der Waals surface area (Å²) in [7, 11) is 0. The molecule has 3 rings (SSSR count). The predicted octanol–water partition coefficient (Wildman–Crippen LogP) is 5.40. The summed E-state index contributed by atoms with van der Waals surface area (Å²) in [5.41, 5.74) is 0.644. The number of nitrogens with zero attached hydrogens (tertiary/aromatic N) is 1. The van der Waals surface area contributed by atoms with Crippen LogP contribution in [0, 0.1) is 0 Å². The van der Waals surface area contributed by atoms with Crippen molar-refractivity contribution < 1.29 is 22.7 Å². The summed E-state index contributed by atoms with van der Waals surface area (Å²) in [6.07, 6.45) is 1.22. The van der Waals surface area contributed by atoms with Crippen LogP contribution in [0.3, 0.4) is 0 Å². The van der Waals surface area contributed by atoms with E-state index in [1.54, 1.807) is 23.3 Å². The summed E-state index contributed by atoms with van der Waals surface area (Å²) in [4.78, 5) is 16.8. The number of aromatic nitrogens is 1. The molecule has 1 amide bonds. The smallest absolute Gasteiger partial charge is 0.406 e. The molecule has 1 N–H and O–H groups in total. The maximum atomic E-state index is 12.7. The second-order valence-electron chi connectivity index (χ2n) is 5.87. The molecule has 1 aliphatic carbocycles. The van der Waals surface area contributed by atoms with Crippen LogP contribution in [0.2, 0.25) is 0 Å². The van der Waals surface area contributed by atoms with Gasteiger partial charge in [-0.2, -0.15) is 0 Å². The summed E-state index contributed by atoms with van der Waals surface area (Å²) in [5.74, 6) is -0.521. The van der Waals surface area contributed by atoms with Gasteiger partial charge < -0.3 is 10.1 Å². The number of carbonyl (C=O) groups excluding carboxylic acids is 1.